The third-order valence-corrected chi connectivity index (χ3v) is 11.2. The molecule has 1 aliphatic heterocycles. The molecule has 0 spiro atoms. The Hall–Kier alpha value is -5.35. The quantitative estimate of drug-likeness (QED) is 0.0846. The van der Waals surface area contributed by atoms with Crippen LogP contribution in [0.1, 0.15) is 53.9 Å². The molecule has 0 saturated carbocycles. The van der Waals surface area contributed by atoms with Crippen molar-refractivity contribution in [1.82, 2.24) is 29.2 Å². The predicted octanol–water partition coefficient (Wildman–Crippen LogP) is 6.73. The number of rotatable bonds is 15. The average molecular weight is 760 g/mol. The fourth-order valence-corrected chi connectivity index (χ4v) is 7.97. The fraction of sp³-hybridized carbons (Fsp3) is 0.372. The van der Waals surface area contributed by atoms with Gasteiger partial charge in [-0.3, -0.25) is 19.5 Å². The number of hydrogen-bond acceptors (Lipinski definition) is 10. The van der Waals surface area contributed by atoms with Crippen molar-refractivity contribution in [2.24, 2.45) is 7.05 Å². The zero-order valence-corrected chi connectivity index (χ0v) is 33.1. The molecule has 1 fully saturated rings. The first-order valence-corrected chi connectivity index (χ1v) is 19.6. The van der Waals surface area contributed by atoms with Gasteiger partial charge in [0.05, 0.1) is 31.2 Å². The molecule has 0 bridgehead atoms. The highest BCUT2D eigenvalue weighted by Gasteiger charge is 2.25. The van der Waals surface area contributed by atoms with Gasteiger partial charge < -0.3 is 23.8 Å². The molecule has 0 N–H and O–H groups in total. The van der Waals surface area contributed by atoms with Crippen LogP contribution in [0, 0.1) is 11.3 Å². The van der Waals surface area contributed by atoms with Gasteiger partial charge in [0.2, 0.25) is 0 Å². The Balaban J connectivity index is 1.03. The summed E-state index contributed by atoms with van der Waals surface area (Å²) in [5, 5.41) is 13.6. The fourth-order valence-electron chi connectivity index (χ4n) is 7.40. The van der Waals surface area contributed by atoms with Crippen LogP contribution < -0.4 is 15.0 Å². The van der Waals surface area contributed by atoms with Gasteiger partial charge in [0.1, 0.15) is 28.1 Å². The standard InChI is InChI=1S/C43H49N7O4S/c1-6-8-38(48(3)42(51)33(26-44)25-41-46-16-22-55-41)31-12-10-30(11-13-31)9-7-17-49-18-20-50(21-19-49)29-37-39(53-4)23-32(24-40(37)54-5)36-28-47(2)43(52)35-27-45-15-14-34(35)36/h10-16,22-25,27-28,38H,6-9,17-21,29H2,1-5H3/b33-25+. The second-order valence-corrected chi connectivity index (χ2v) is 14.9. The molecule has 4 heterocycles. The number of likely N-dealkylation sites (N-methyl/N-ethyl adjacent to an activating group) is 1. The van der Waals surface area contributed by atoms with Crippen molar-refractivity contribution in [3.8, 4) is 28.7 Å². The number of fused-ring (bicyclic) bond motifs is 1. The number of amides is 1. The molecule has 2 aromatic carbocycles. The highest BCUT2D eigenvalue weighted by atomic mass is 32.1. The molecule has 3 aromatic heterocycles. The van der Waals surface area contributed by atoms with E-state index >= 15 is 0 Å². The number of aryl methyl sites for hydroxylation is 2. The molecule has 286 valence electrons. The summed E-state index contributed by atoms with van der Waals surface area (Å²) in [4.78, 5) is 41.1. The van der Waals surface area contributed by atoms with E-state index in [0.717, 1.165) is 97.5 Å². The van der Waals surface area contributed by atoms with Crippen molar-refractivity contribution < 1.29 is 14.3 Å². The highest BCUT2D eigenvalue weighted by Crippen LogP contribution is 2.38. The number of hydrogen-bond donors (Lipinski definition) is 0. The summed E-state index contributed by atoms with van der Waals surface area (Å²) in [5.74, 6) is 1.23. The number of benzene rings is 2. The minimum atomic E-state index is -0.290. The van der Waals surface area contributed by atoms with Crippen LogP contribution in [0.25, 0.3) is 28.0 Å². The Labute approximate surface area is 327 Å². The summed E-state index contributed by atoms with van der Waals surface area (Å²) < 4.78 is 13.4. The van der Waals surface area contributed by atoms with Gasteiger partial charge in [-0.05, 0) is 72.2 Å². The molecule has 55 heavy (non-hydrogen) atoms. The third kappa shape index (κ3) is 9.14. The van der Waals surface area contributed by atoms with Gasteiger partial charge in [0.25, 0.3) is 11.5 Å². The van der Waals surface area contributed by atoms with Gasteiger partial charge in [-0.15, -0.1) is 11.3 Å². The SMILES string of the molecule is CCCC(c1ccc(CCCN2CCN(Cc3c(OC)cc(-c4cn(C)c(=O)c5cnccc45)cc3OC)CC2)cc1)N(C)C(=O)/C(C#N)=C/c1nccs1. The largest absolute Gasteiger partial charge is 0.496 e. The zero-order valence-electron chi connectivity index (χ0n) is 32.3. The van der Waals surface area contributed by atoms with Crippen molar-refractivity contribution in [3.05, 3.63) is 110 Å². The summed E-state index contributed by atoms with van der Waals surface area (Å²) in [6.07, 6.45) is 12.2. The Morgan fingerprint density at radius 3 is 2.38 bits per heavy atom. The van der Waals surface area contributed by atoms with Crippen LogP contribution in [0.3, 0.4) is 0 Å². The maximum absolute atomic E-state index is 13.3. The summed E-state index contributed by atoms with van der Waals surface area (Å²) in [6, 6.07) is 16.5. The second-order valence-electron chi connectivity index (χ2n) is 14.0. The number of nitrogens with zero attached hydrogens (tertiary/aromatic N) is 7. The topological polar surface area (TPSA) is 117 Å². The number of pyridine rings is 2. The summed E-state index contributed by atoms with van der Waals surface area (Å²) >= 11 is 1.40. The van der Waals surface area contributed by atoms with E-state index < -0.39 is 0 Å². The highest BCUT2D eigenvalue weighted by molar-refractivity contribution is 7.10. The monoisotopic (exact) mass is 759 g/mol. The van der Waals surface area contributed by atoms with Crippen LogP contribution in [-0.4, -0.2) is 89.1 Å². The molecule has 6 rings (SSSR count). The zero-order chi connectivity index (χ0) is 38.9. The number of thiazole rings is 1. The van der Waals surface area contributed by atoms with E-state index in [4.69, 9.17) is 9.47 Å². The lowest BCUT2D eigenvalue weighted by Crippen LogP contribution is -2.46. The van der Waals surface area contributed by atoms with Crippen molar-refractivity contribution in [2.45, 2.75) is 45.2 Å². The molecule has 5 aromatic rings. The van der Waals surface area contributed by atoms with Crippen LogP contribution in [-0.2, 0) is 24.8 Å². The molecule has 12 heteroatoms. The number of ether oxygens (including phenoxy) is 2. The van der Waals surface area contributed by atoms with E-state index in [1.54, 1.807) is 62.4 Å². The minimum absolute atomic E-state index is 0.0834. The molecule has 1 saturated heterocycles. The molecule has 1 unspecified atom stereocenters. The van der Waals surface area contributed by atoms with Crippen LogP contribution in [0.2, 0.25) is 0 Å². The predicted molar refractivity (Wildman–Crippen MR) is 218 cm³/mol. The Bertz CT molecular complexity index is 2190. The molecular formula is C43H49N7O4S. The Kier molecular flexibility index (Phi) is 13.1. The summed E-state index contributed by atoms with van der Waals surface area (Å²) in [5.41, 5.74) is 5.20. The molecule has 1 amide bonds. The molecule has 11 nitrogen and oxygen atoms in total. The van der Waals surface area contributed by atoms with Crippen molar-refractivity contribution in [1.29, 1.82) is 5.26 Å². The van der Waals surface area contributed by atoms with Crippen molar-refractivity contribution in [3.63, 3.8) is 0 Å². The van der Waals surface area contributed by atoms with Gasteiger partial charge in [-0.2, -0.15) is 5.26 Å². The number of aromatic nitrogens is 3. The first-order valence-electron chi connectivity index (χ1n) is 18.7. The van der Waals surface area contributed by atoms with Gasteiger partial charge in [0, 0.05) is 82.6 Å². The van der Waals surface area contributed by atoms with E-state index in [1.807, 2.05) is 29.8 Å². The van der Waals surface area contributed by atoms with Crippen LogP contribution in [0.15, 0.2) is 83.0 Å². The van der Waals surface area contributed by atoms with Crippen LogP contribution >= 0.6 is 11.3 Å². The smallest absolute Gasteiger partial charge is 0.264 e. The summed E-state index contributed by atoms with van der Waals surface area (Å²) in [7, 11) is 6.92. The van der Waals surface area contributed by atoms with Gasteiger partial charge in [-0.25, -0.2) is 4.98 Å². The molecule has 1 atom stereocenters. The maximum Gasteiger partial charge on any atom is 0.264 e. The number of nitriles is 1. The van der Waals surface area contributed by atoms with Crippen molar-refractivity contribution >= 4 is 34.1 Å². The van der Waals surface area contributed by atoms with E-state index in [2.05, 4.69) is 57.0 Å². The number of piperazine rings is 1. The average Bonchev–Trinajstić information content (AvgIpc) is 3.74. The third-order valence-electron chi connectivity index (χ3n) is 10.5. The minimum Gasteiger partial charge on any atom is -0.496 e. The number of methoxy groups -OCH3 is 2. The van der Waals surface area contributed by atoms with Crippen molar-refractivity contribution in [2.75, 3.05) is 54.0 Å². The van der Waals surface area contributed by atoms with E-state index in [-0.39, 0.29) is 23.1 Å². The van der Waals surface area contributed by atoms with Crippen LogP contribution in [0.4, 0.5) is 0 Å². The molecule has 1 aliphatic rings. The lowest BCUT2D eigenvalue weighted by atomic mass is 9.98. The molecule has 0 radical (unpaired) electrons. The lowest BCUT2D eigenvalue weighted by Gasteiger charge is -2.35. The normalized spacial score (nSPS) is 14.4. The number of carbonyl (C=O) groups is 1. The van der Waals surface area contributed by atoms with E-state index in [9.17, 15) is 14.9 Å². The summed E-state index contributed by atoms with van der Waals surface area (Å²) in [6.45, 7) is 7.71. The lowest BCUT2D eigenvalue weighted by molar-refractivity contribution is -0.127. The van der Waals surface area contributed by atoms with E-state index in [0.29, 0.717) is 16.9 Å². The van der Waals surface area contributed by atoms with E-state index in [1.165, 1.54) is 16.9 Å². The van der Waals surface area contributed by atoms with Crippen LogP contribution in [0.5, 0.6) is 11.5 Å². The molecule has 0 aliphatic carbocycles. The Morgan fingerprint density at radius 2 is 1.75 bits per heavy atom. The van der Waals surface area contributed by atoms with Gasteiger partial charge >= 0.3 is 0 Å². The molecular weight excluding hydrogens is 711 g/mol. The maximum atomic E-state index is 13.3. The first-order chi connectivity index (χ1) is 26.7. The number of carbonyl (C=O) groups excluding carboxylic acids is 1. The van der Waals surface area contributed by atoms with Gasteiger partial charge in [-0.1, -0.05) is 37.6 Å². The second kappa shape index (κ2) is 18.3. The van der Waals surface area contributed by atoms with Gasteiger partial charge in [0.15, 0.2) is 0 Å². The Morgan fingerprint density at radius 1 is 1.04 bits per heavy atom. The first kappa shape index (κ1) is 39.3.